The predicted molar refractivity (Wildman–Crippen MR) is 240 cm³/mol. The summed E-state index contributed by atoms with van der Waals surface area (Å²) < 4.78 is 32.6. The first-order valence-electron chi connectivity index (χ1n) is 21.5. The van der Waals surface area contributed by atoms with Crippen LogP contribution in [0.5, 0.6) is 0 Å². The number of allylic oxidation sites excluding steroid dienone is 18. The van der Waals surface area contributed by atoms with Crippen LogP contribution >= 0.6 is 7.82 Å². The number of carbonyl (C=O) groups is 3. The second kappa shape index (κ2) is 40.9. The third-order valence-electron chi connectivity index (χ3n) is 8.39. The topological polar surface area (TPSA) is 172 Å². The number of carbonyl (C=O) groups excluding carboxylic acids is 2. The van der Waals surface area contributed by atoms with Crippen molar-refractivity contribution in [1.29, 1.82) is 0 Å². The first-order chi connectivity index (χ1) is 28.6. The molecule has 0 aliphatic heterocycles. The quantitative estimate of drug-likeness (QED) is 0.0178. The van der Waals surface area contributed by atoms with Crippen LogP contribution in [-0.4, -0.2) is 59.9 Å². The number of unbranched alkanes of at least 4 members (excludes halogenated alkanes) is 10. The van der Waals surface area contributed by atoms with Gasteiger partial charge in [-0.2, -0.15) is 0 Å². The summed E-state index contributed by atoms with van der Waals surface area (Å²) in [4.78, 5) is 45.9. The molecule has 0 aromatic carbocycles. The van der Waals surface area contributed by atoms with E-state index >= 15 is 0 Å². The van der Waals surface area contributed by atoms with E-state index in [1.54, 1.807) is 0 Å². The minimum absolute atomic E-state index is 0.0568. The van der Waals surface area contributed by atoms with Gasteiger partial charge in [0.2, 0.25) is 0 Å². The average molecular weight is 844 g/mol. The number of aliphatic carboxylic acids is 1. The monoisotopic (exact) mass is 844 g/mol. The molecule has 0 aromatic heterocycles. The lowest BCUT2D eigenvalue weighted by Gasteiger charge is -2.20. The Labute approximate surface area is 355 Å². The fourth-order valence-corrected chi connectivity index (χ4v) is 5.86. The summed E-state index contributed by atoms with van der Waals surface area (Å²) in [6, 6.07) is -1.54. The molecule has 0 saturated carbocycles. The van der Waals surface area contributed by atoms with Crippen LogP contribution in [0.15, 0.2) is 109 Å². The van der Waals surface area contributed by atoms with E-state index in [0.29, 0.717) is 19.3 Å². The molecule has 0 rings (SSSR count). The fraction of sp³-hybridized carbons (Fsp3) is 0.553. The van der Waals surface area contributed by atoms with Gasteiger partial charge in [0.15, 0.2) is 6.10 Å². The molecule has 0 bridgehead atoms. The maximum atomic E-state index is 12.6. The van der Waals surface area contributed by atoms with E-state index < -0.39 is 51.1 Å². The van der Waals surface area contributed by atoms with Crippen LogP contribution in [0.1, 0.15) is 136 Å². The molecule has 4 N–H and O–H groups in total. The Balaban J connectivity index is 4.41. The number of carboxylic acids is 1. The number of carboxylic acid groups (broad SMARTS) is 1. The molecule has 0 radical (unpaired) electrons. The largest absolute Gasteiger partial charge is 0.480 e. The number of nitrogens with two attached hydrogens (primary N) is 1. The maximum Gasteiger partial charge on any atom is 0.472 e. The number of hydrogen-bond acceptors (Lipinski definition) is 9. The Morgan fingerprint density at radius 3 is 1.58 bits per heavy atom. The van der Waals surface area contributed by atoms with Gasteiger partial charge < -0.3 is 25.2 Å². The predicted octanol–water partition coefficient (Wildman–Crippen LogP) is 11.4. The number of phosphoric acid groups is 1. The lowest BCUT2D eigenvalue weighted by Crippen LogP contribution is -2.34. The van der Waals surface area contributed by atoms with Gasteiger partial charge in [-0.25, -0.2) is 4.57 Å². The number of hydrogen-bond donors (Lipinski definition) is 3. The molecule has 0 spiro atoms. The molecule has 0 aliphatic rings. The summed E-state index contributed by atoms with van der Waals surface area (Å²) in [5, 5.41) is 8.88. The summed E-state index contributed by atoms with van der Waals surface area (Å²) in [6.45, 7) is 2.44. The Kier molecular flexibility index (Phi) is 38.2. The Morgan fingerprint density at radius 2 is 1.00 bits per heavy atom. The highest BCUT2D eigenvalue weighted by Crippen LogP contribution is 2.43. The van der Waals surface area contributed by atoms with E-state index in [9.17, 15) is 23.8 Å². The second-order valence-corrected chi connectivity index (χ2v) is 15.3. The van der Waals surface area contributed by atoms with E-state index in [4.69, 9.17) is 24.8 Å². The molecule has 3 atom stereocenters. The zero-order valence-corrected chi connectivity index (χ0v) is 36.7. The third-order valence-corrected chi connectivity index (χ3v) is 9.34. The van der Waals surface area contributed by atoms with Crippen molar-refractivity contribution in [2.75, 3.05) is 19.8 Å². The van der Waals surface area contributed by atoms with E-state index in [1.165, 1.54) is 32.1 Å². The summed E-state index contributed by atoms with van der Waals surface area (Å²) in [6.07, 6.45) is 53.2. The summed E-state index contributed by atoms with van der Waals surface area (Å²) in [5.74, 6) is -2.50. The van der Waals surface area contributed by atoms with Crippen LogP contribution in [0.4, 0.5) is 0 Å². The van der Waals surface area contributed by atoms with Crippen molar-refractivity contribution in [3.8, 4) is 0 Å². The van der Waals surface area contributed by atoms with Gasteiger partial charge in [0.1, 0.15) is 12.6 Å². The third kappa shape index (κ3) is 40.7. The van der Waals surface area contributed by atoms with Gasteiger partial charge in [-0.3, -0.25) is 23.4 Å². The van der Waals surface area contributed by atoms with Crippen molar-refractivity contribution in [3.63, 3.8) is 0 Å². The minimum Gasteiger partial charge on any atom is -0.480 e. The normalized spacial score (nSPS) is 14.8. The molecule has 12 heteroatoms. The van der Waals surface area contributed by atoms with Crippen LogP contribution in [-0.2, 0) is 37.5 Å². The minimum atomic E-state index is -4.74. The van der Waals surface area contributed by atoms with Gasteiger partial charge >= 0.3 is 25.7 Å². The van der Waals surface area contributed by atoms with Gasteiger partial charge in [0.25, 0.3) is 0 Å². The molecule has 11 nitrogen and oxygen atoms in total. The van der Waals surface area contributed by atoms with Gasteiger partial charge in [-0.05, 0) is 64.2 Å². The molecule has 0 aromatic rings. The first kappa shape index (κ1) is 55.1. The molecule has 59 heavy (non-hydrogen) atoms. The average Bonchev–Trinajstić information content (AvgIpc) is 3.21. The molecule has 2 unspecified atom stereocenters. The molecule has 0 amide bonds. The number of esters is 2. The summed E-state index contributed by atoms with van der Waals surface area (Å²) >= 11 is 0. The smallest absolute Gasteiger partial charge is 0.472 e. The van der Waals surface area contributed by atoms with Crippen LogP contribution in [0.2, 0.25) is 0 Å². The summed E-state index contributed by atoms with van der Waals surface area (Å²) in [7, 11) is -4.74. The highest BCUT2D eigenvalue weighted by atomic mass is 31.2. The van der Waals surface area contributed by atoms with Crippen LogP contribution in [0, 0.1) is 0 Å². The van der Waals surface area contributed by atoms with Crippen molar-refractivity contribution < 1.29 is 47.5 Å². The zero-order valence-electron chi connectivity index (χ0n) is 35.8. The Bertz CT molecular complexity index is 1410. The van der Waals surface area contributed by atoms with Crippen LogP contribution in [0.3, 0.4) is 0 Å². The molecule has 0 heterocycles. The van der Waals surface area contributed by atoms with Crippen LogP contribution < -0.4 is 5.73 Å². The SMILES string of the molecule is CC/C=C/C=C/C=C/C=C/C=C/CCCC(=O)OC(COC(=O)CCCCCCCCCCC/C=C/C/C=C/C/C=C/C/C=C/CC)COP(=O)(O)OC[C@@H](N)C(=O)O. The molecule has 0 aliphatic carbocycles. The van der Waals surface area contributed by atoms with E-state index in [-0.39, 0.29) is 19.4 Å². The fourth-order valence-electron chi connectivity index (χ4n) is 5.08. The van der Waals surface area contributed by atoms with Gasteiger partial charge in [-0.1, -0.05) is 168 Å². The molecular formula is C47H74NO10P. The number of rotatable bonds is 38. The Hall–Kier alpha value is -3.86. The van der Waals surface area contributed by atoms with Gasteiger partial charge in [0.05, 0.1) is 13.2 Å². The van der Waals surface area contributed by atoms with E-state index in [1.807, 2.05) is 54.7 Å². The van der Waals surface area contributed by atoms with Gasteiger partial charge in [0, 0.05) is 12.8 Å². The van der Waals surface area contributed by atoms with Crippen molar-refractivity contribution in [1.82, 2.24) is 0 Å². The van der Waals surface area contributed by atoms with Crippen molar-refractivity contribution in [2.24, 2.45) is 5.73 Å². The highest BCUT2D eigenvalue weighted by Gasteiger charge is 2.28. The standard InChI is InChI=1S/C47H74NO10P/c1-3-5-7-9-11-13-15-17-18-19-20-21-22-23-24-25-27-28-30-32-34-36-38-45(49)55-40-43(41-56-59(53,54)57-42-44(48)47(51)52)58-46(50)39-37-35-33-31-29-26-16-14-12-10-8-6-4-2/h5-8,10-14,16-18,20-21,26,29,31,33,43-44H,3-4,9,15,19,22-25,27-28,30,32,34-42,48H2,1-2H3,(H,51,52)(H,53,54)/b7-5+,8-6+,12-10+,13-11+,16-14+,18-17+,21-20+,29-26+,33-31+/t43?,44-/m1/s1. The second-order valence-electron chi connectivity index (χ2n) is 13.8. The Morgan fingerprint density at radius 1 is 0.542 bits per heavy atom. The molecule has 0 fully saturated rings. The van der Waals surface area contributed by atoms with E-state index in [0.717, 1.165) is 57.8 Å². The highest BCUT2D eigenvalue weighted by molar-refractivity contribution is 7.47. The van der Waals surface area contributed by atoms with Crippen LogP contribution in [0.25, 0.3) is 0 Å². The maximum absolute atomic E-state index is 12.6. The lowest BCUT2D eigenvalue weighted by atomic mass is 10.1. The molecular weight excluding hydrogens is 769 g/mol. The number of phosphoric ester groups is 1. The van der Waals surface area contributed by atoms with Crippen molar-refractivity contribution in [2.45, 2.75) is 148 Å². The molecule has 332 valence electrons. The first-order valence-corrected chi connectivity index (χ1v) is 23.0. The van der Waals surface area contributed by atoms with Gasteiger partial charge in [-0.15, -0.1) is 0 Å². The molecule has 0 saturated heterocycles. The van der Waals surface area contributed by atoms with E-state index in [2.05, 4.69) is 73.1 Å². The lowest BCUT2D eigenvalue weighted by molar-refractivity contribution is -0.161. The summed E-state index contributed by atoms with van der Waals surface area (Å²) in [5.41, 5.74) is 5.32. The van der Waals surface area contributed by atoms with Crippen molar-refractivity contribution >= 4 is 25.7 Å². The zero-order chi connectivity index (χ0) is 43.5. The number of ether oxygens (including phenoxy) is 2. The van der Waals surface area contributed by atoms with Crippen molar-refractivity contribution in [3.05, 3.63) is 109 Å².